The van der Waals surface area contributed by atoms with Gasteiger partial charge in [-0.25, -0.2) is 0 Å². The highest BCUT2D eigenvalue weighted by molar-refractivity contribution is 5.65. The molecule has 1 fully saturated rings. The Balaban J connectivity index is 1.55. The van der Waals surface area contributed by atoms with Crippen molar-refractivity contribution >= 4 is 0 Å². The summed E-state index contributed by atoms with van der Waals surface area (Å²) in [6, 6.07) is 14.7. The molecule has 0 aliphatic heterocycles. The molecule has 0 radical (unpaired) electrons. The van der Waals surface area contributed by atoms with Crippen LogP contribution in [0.3, 0.4) is 0 Å². The number of alkyl halides is 2. The molecule has 0 aromatic heterocycles. The van der Waals surface area contributed by atoms with Crippen LogP contribution < -0.4 is 4.74 Å². The molecule has 3 heteroatoms. The lowest BCUT2D eigenvalue weighted by Gasteiger charge is -2.25. The minimum Gasteiger partial charge on any atom is -0.435 e. The molecule has 1 aliphatic carbocycles. The van der Waals surface area contributed by atoms with E-state index in [1.807, 2.05) is 30.3 Å². The Labute approximate surface area is 166 Å². The lowest BCUT2D eigenvalue weighted by Crippen LogP contribution is -2.13. The van der Waals surface area contributed by atoms with Crippen LogP contribution in [0.2, 0.25) is 0 Å². The van der Waals surface area contributed by atoms with Gasteiger partial charge in [-0.05, 0) is 79.8 Å². The maximum Gasteiger partial charge on any atom is 0.387 e. The van der Waals surface area contributed by atoms with Gasteiger partial charge in [0.15, 0.2) is 0 Å². The molecule has 1 saturated carbocycles. The van der Waals surface area contributed by atoms with Crippen molar-refractivity contribution in [1.82, 2.24) is 0 Å². The topological polar surface area (TPSA) is 9.23 Å². The van der Waals surface area contributed by atoms with Gasteiger partial charge in [-0.1, -0.05) is 42.2 Å². The molecule has 0 saturated heterocycles. The molecule has 2 aromatic rings. The zero-order valence-electron chi connectivity index (χ0n) is 16.0. The Morgan fingerprint density at radius 2 is 1.57 bits per heavy atom. The minimum absolute atomic E-state index is 0.167. The Hall–Kier alpha value is -2.60. The lowest BCUT2D eigenvalue weighted by atomic mass is 9.80. The molecule has 28 heavy (non-hydrogen) atoms. The van der Waals surface area contributed by atoms with Gasteiger partial charge in [0, 0.05) is 11.5 Å². The summed E-state index contributed by atoms with van der Waals surface area (Å²) in [6.07, 6.45) is 9.34. The molecule has 0 atom stereocenters. The first kappa shape index (κ1) is 20.1. The van der Waals surface area contributed by atoms with E-state index in [1.54, 1.807) is 24.3 Å². The smallest absolute Gasteiger partial charge is 0.387 e. The first-order valence-corrected chi connectivity index (χ1v) is 9.92. The van der Waals surface area contributed by atoms with E-state index >= 15 is 0 Å². The van der Waals surface area contributed by atoms with Crippen molar-refractivity contribution in [3.05, 3.63) is 66.7 Å². The quantitative estimate of drug-likeness (QED) is 0.384. The van der Waals surface area contributed by atoms with Gasteiger partial charge in [-0.3, -0.25) is 0 Å². The SMILES string of the molecule is C=CCCC1CCC(C#Cc2ccc(-c3ccc(OC(F)F)cc3)cc2)CC1. The Bertz CT molecular complexity index is 804. The molecule has 0 bridgehead atoms. The van der Waals surface area contributed by atoms with E-state index in [4.69, 9.17) is 0 Å². The second kappa shape index (κ2) is 10.1. The normalized spacial score (nSPS) is 19.0. The van der Waals surface area contributed by atoms with Crippen molar-refractivity contribution < 1.29 is 13.5 Å². The third kappa shape index (κ3) is 5.96. The Morgan fingerprint density at radius 1 is 0.964 bits per heavy atom. The molecule has 0 N–H and O–H groups in total. The lowest BCUT2D eigenvalue weighted by molar-refractivity contribution is -0.0498. The second-order valence-electron chi connectivity index (χ2n) is 7.33. The molecular weight excluding hydrogens is 354 g/mol. The number of allylic oxidation sites excluding steroid dienone is 1. The van der Waals surface area contributed by atoms with Crippen LogP contribution in [0.15, 0.2) is 61.2 Å². The molecule has 0 heterocycles. The number of rotatable bonds is 6. The van der Waals surface area contributed by atoms with E-state index in [1.165, 1.54) is 32.1 Å². The third-order valence-electron chi connectivity index (χ3n) is 5.34. The van der Waals surface area contributed by atoms with Gasteiger partial charge >= 0.3 is 6.61 Å². The maximum atomic E-state index is 12.2. The highest BCUT2D eigenvalue weighted by Gasteiger charge is 2.18. The Kier molecular flexibility index (Phi) is 7.25. The first-order chi connectivity index (χ1) is 13.6. The van der Waals surface area contributed by atoms with Crippen LogP contribution in [-0.2, 0) is 0 Å². The van der Waals surface area contributed by atoms with Gasteiger partial charge in [-0.15, -0.1) is 6.58 Å². The molecule has 2 aromatic carbocycles. The molecule has 1 aliphatic rings. The first-order valence-electron chi connectivity index (χ1n) is 9.92. The van der Waals surface area contributed by atoms with Crippen LogP contribution in [0.5, 0.6) is 5.75 Å². The fourth-order valence-corrected chi connectivity index (χ4v) is 3.71. The van der Waals surface area contributed by atoms with Gasteiger partial charge in [0.05, 0.1) is 0 Å². The van der Waals surface area contributed by atoms with Crippen molar-refractivity contribution in [3.8, 4) is 28.7 Å². The van der Waals surface area contributed by atoms with Crippen molar-refractivity contribution in [2.45, 2.75) is 45.1 Å². The molecule has 0 spiro atoms. The van der Waals surface area contributed by atoms with E-state index < -0.39 is 6.61 Å². The average molecular weight is 380 g/mol. The van der Waals surface area contributed by atoms with Crippen LogP contribution in [0.4, 0.5) is 8.78 Å². The summed E-state index contributed by atoms with van der Waals surface area (Å²) in [7, 11) is 0. The Morgan fingerprint density at radius 3 is 2.14 bits per heavy atom. The van der Waals surface area contributed by atoms with E-state index in [0.29, 0.717) is 5.92 Å². The van der Waals surface area contributed by atoms with Crippen molar-refractivity contribution in [3.63, 3.8) is 0 Å². The summed E-state index contributed by atoms with van der Waals surface area (Å²) < 4.78 is 28.8. The van der Waals surface area contributed by atoms with Crippen molar-refractivity contribution in [2.75, 3.05) is 0 Å². The van der Waals surface area contributed by atoms with Crippen LogP contribution in [0, 0.1) is 23.7 Å². The summed E-state index contributed by atoms with van der Waals surface area (Å²) in [5.41, 5.74) is 2.99. The van der Waals surface area contributed by atoms with Gasteiger partial charge in [0.2, 0.25) is 0 Å². The van der Waals surface area contributed by atoms with E-state index in [0.717, 1.165) is 29.0 Å². The largest absolute Gasteiger partial charge is 0.435 e. The van der Waals surface area contributed by atoms with Gasteiger partial charge in [-0.2, -0.15) is 8.78 Å². The van der Waals surface area contributed by atoms with Crippen LogP contribution in [0.1, 0.15) is 44.1 Å². The minimum atomic E-state index is -2.80. The molecule has 0 unspecified atom stereocenters. The van der Waals surface area contributed by atoms with E-state index in [2.05, 4.69) is 23.2 Å². The van der Waals surface area contributed by atoms with E-state index in [-0.39, 0.29) is 5.75 Å². The van der Waals surface area contributed by atoms with Crippen LogP contribution in [0.25, 0.3) is 11.1 Å². The average Bonchev–Trinajstić information content (AvgIpc) is 2.72. The summed E-state index contributed by atoms with van der Waals surface area (Å²) in [5.74, 6) is 8.26. The van der Waals surface area contributed by atoms with E-state index in [9.17, 15) is 8.78 Å². The van der Waals surface area contributed by atoms with Crippen molar-refractivity contribution in [1.29, 1.82) is 0 Å². The monoisotopic (exact) mass is 380 g/mol. The standard InChI is InChI=1S/C25H26F2O/c1-2-3-4-19-5-7-20(8-6-19)9-10-21-11-13-22(14-12-21)23-15-17-24(18-16-23)28-25(26)27/h2,11-20,25H,1,3-8H2. The predicted octanol–water partition coefficient (Wildman–Crippen LogP) is 7.08. The summed E-state index contributed by atoms with van der Waals surface area (Å²) in [4.78, 5) is 0. The van der Waals surface area contributed by atoms with Crippen molar-refractivity contribution in [2.24, 2.45) is 11.8 Å². The third-order valence-corrected chi connectivity index (χ3v) is 5.34. The van der Waals surface area contributed by atoms with Gasteiger partial charge in [0.25, 0.3) is 0 Å². The number of hydrogen-bond acceptors (Lipinski definition) is 1. The number of halogens is 2. The highest BCUT2D eigenvalue weighted by atomic mass is 19.3. The number of benzene rings is 2. The highest BCUT2D eigenvalue weighted by Crippen LogP contribution is 2.31. The zero-order valence-corrected chi connectivity index (χ0v) is 16.0. The molecule has 0 amide bonds. The van der Waals surface area contributed by atoms with Gasteiger partial charge < -0.3 is 4.74 Å². The van der Waals surface area contributed by atoms with Crippen LogP contribution >= 0.6 is 0 Å². The predicted molar refractivity (Wildman–Crippen MR) is 110 cm³/mol. The van der Waals surface area contributed by atoms with Crippen LogP contribution in [-0.4, -0.2) is 6.61 Å². The zero-order chi connectivity index (χ0) is 19.8. The summed E-state index contributed by atoms with van der Waals surface area (Å²) >= 11 is 0. The fraction of sp³-hybridized carbons (Fsp3) is 0.360. The summed E-state index contributed by atoms with van der Waals surface area (Å²) in [5, 5.41) is 0. The second-order valence-corrected chi connectivity index (χ2v) is 7.33. The number of ether oxygens (including phenoxy) is 1. The molecular formula is C25H26F2O. The maximum absolute atomic E-state index is 12.2. The number of hydrogen-bond donors (Lipinski definition) is 0. The fourth-order valence-electron chi connectivity index (χ4n) is 3.71. The summed E-state index contributed by atoms with van der Waals surface area (Å²) in [6.45, 7) is 1.01. The van der Waals surface area contributed by atoms with Gasteiger partial charge in [0.1, 0.15) is 5.75 Å². The molecule has 1 nitrogen and oxygen atoms in total. The molecule has 146 valence electrons. The molecule has 3 rings (SSSR count).